The normalized spacial score (nSPS) is 12.7. The van der Waals surface area contributed by atoms with Crippen LogP contribution in [0.5, 0.6) is 0 Å². The van der Waals surface area contributed by atoms with Gasteiger partial charge in [-0.3, -0.25) is 9.59 Å². The number of ether oxygens (including phenoxy) is 1. The van der Waals surface area contributed by atoms with Crippen molar-refractivity contribution in [3.8, 4) is 0 Å². The fraction of sp³-hybridized carbons (Fsp3) is 0.892. The first-order valence-corrected chi connectivity index (χ1v) is 36.2. The highest BCUT2D eigenvalue weighted by molar-refractivity contribution is 5.76. The molecular formula is C74H141NO5. The van der Waals surface area contributed by atoms with Crippen molar-refractivity contribution in [1.29, 1.82) is 0 Å². The van der Waals surface area contributed by atoms with Gasteiger partial charge in [-0.15, -0.1) is 0 Å². The maximum Gasteiger partial charge on any atom is 0.305 e. The van der Waals surface area contributed by atoms with E-state index in [2.05, 4.69) is 55.6 Å². The zero-order chi connectivity index (χ0) is 57.8. The van der Waals surface area contributed by atoms with Crippen molar-refractivity contribution >= 4 is 11.9 Å². The Balaban J connectivity index is 3.38. The monoisotopic (exact) mass is 1120 g/mol. The summed E-state index contributed by atoms with van der Waals surface area (Å²) >= 11 is 0. The van der Waals surface area contributed by atoms with Crippen molar-refractivity contribution in [2.45, 2.75) is 411 Å². The molecule has 0 spiro atoms. The summed E-state index contributed by atoms with van der Waals surface area (Å²) in [6.07, 6.45) is 89.2. The van der Waals surface area contributed by atoms with Crippen LogP contribution in [0.15, 0.2) is 36.5 Å². The fourth-order valence-corrected chi connectivity index (χ4v) is 11.4. The van der Waals surface area contributed by atoms with E-state index < -0.39 is 12.1 Å². The molecule has 0 aromatic rings. The second kappa shape index (κ2) is 69.6. The lowest BCUT2D eigenvalue weighted by molar-refractivity contribution is -0.143. The van der Waals surface area contributed by atoms with Gasteiger partial charge in [0, 0.05) is 12.8 Å². The van der Waals surface area contributed by atoms with E-state index in [-0.39, 0.29) is 18.5 Å². The molecule has 2 atom stereocenters. The van der Waals surface area contributed by atoms with Gasteiger partial charge in [0.2, 0.25) is 5.91 Å². The lowest BCUT2D eigenvalue weighted by atomic mass is 10.0. The summed E-state index contributed by atoms with van der Waals surface area (Å²) in [5, 5.41) is 23.4. The number of hydrogen-bond donors (Lipinski definition) is 3. The van der Waals surface area contributed by atoms with Crippen LogP contribution in [0.3, 0.4) is 0 Å². The number of nitrogens with one attached hydrogen (secondary N) is 1. The molecule has 0 radical (unpaired) electrons. The summed E-state index contributed by atoms with van der Waals surface area (Å²) in [7, 11) is 0. The first kappa shape index (κ1) is 78.1. The molecule has 0 aliphatic carbocycles. The third kappa shape index (κ3) is 65.2. The molecule has 3 N–H and O–H groups in total. The summed E-state index contributed by atoms with van der Waals surface area (Å²) in [6, 6.07) is -0.540. The quantitative estimate of drug-likeness (QED) is 0.0320. The highest BCUT2D eigenvalue weighted by Crippen LogP contribution is 2.19. The Morgan fingerprint density at radius 1 is 0.350 bits per heavy atom. The molecule has 6 heteroatoms. The van der Waals surface area contributed by atoms with Crippen molar-refractivity contribution in [1.82, 2.24) is 5.32 Å². The minimum absolute atomic E-state index is 0.00601. The summed E-state index contributed by atoms with van der Waals surface area (Å²) in [4.78, 5) is 24.6. The number of unbranched alkanes of at least 4 members (excludes halogenated alkanes) is 51. The van der Waals surface area contributed by atoms with Crippen LogP contribution < -0.4 is 5.32 Å². The van der Waals surface area contributed by atoms with E-state index in [4.69, 9.17) is 4.74 Å². The van der Waals surface area contributed by atoms with E-state index in [1.807, 2.05) is 0 Å². The molecule has 0 bridgehead atoms. The molecule has 472 valence electrons. The van der Waals surface area contributed by atoms with Gasteiger partial charge in [-0.1, -0.05) is 339 Å². The molecule has 0 saturated heterocycles. The zero-order valence-electron chi connectivity index (χ0n) is 54.1. The van der Waals surface area contributed by atoms with E-state index in [1.54, 1.807) is 0 Å². The third-order valence-electron chi connectivity index (χ3n) is 16.9. The Hall–Kier alpha value is -1.92. The van der Waals surface area contributed by atoms with Crippen LogP contribution >= 0.6 is 0 Å². The summed E-state index contributed by atoms with van der Waals surface area (Å²) < 4.78 is 5.48. The van der Waals surface area contributed by atoms with Gasteiger partial charge in [0.15, 0.2) is 0 Å². The lowest BCUT2D eigenvalue weighted by Crippen LogP contribution is -2.45. The van der Waals surface area contributed by atoms with Gasteiger partial charge in [-0.05, 0) is 83.5 Å². The average molecular weight is 1120 g/mol. The highest BCUT2D eigenvalue weighted by atomic mass is 16.5. The van der Waals surface area contributed by atoms with Crippen molar-refractivity contribution in [2.24, 2.45) is 0 Å². The van der Waals surface area contributed by atoms with Crippen LogP contribution in [-0.4, -0.2) is 47.4 Å². The molecule has 0 aliphatic rings. The number of aliphatic hydroxyl groups excluding tert-OH is 2. The average Bonchev–Trinajstić information content (AvgIpc) is 3.46. The second-order valence-electron chi connectivity index (χ2n) is 24.9. The second-order valence-corrected chi connectivity index (χ2v) is 24.9. The van der Waals surface area contributed by atoms with Crippen molar-refractivity contribution in [2.75, 3.05) is 13.2 Å². The third-order valence-corrected chi connectivity index (χ3v) is 16.9. The van der Waals surface area contributed by atoms with Crippen LogP contribution in [0, 0.1) is 0 Å². The molecule has 2 unspecified atom stereocenters. The summed E-state index contributed by atoms with van der Waals surface area (Å²) in [6.45, 7) is 4.97. The SMILES string of the molecule is CCCCCCC/C=C\CCCCCCCC(=O)OCCCCCCCCCCC/C=C\C/C=C\CCCCCCCCCCCCCCCCCCCC(=O)NC(CO)C(O)CCCCCCCCCCCCCCCCCC. The Morgan fingerprint density at radius 2 is 0.625 bits per heavy atom. The Labute approximate surface area is 500 Å². The molecular weight excluding hydrogens is 983 g/mol. The first-order chi connectivity index (χ1) is 39.5. The van der Waals surface area contributed by atoms with Gasteiger partial charge in [0.25, 0.3) is 0 Å². The number of hydrogen-bond acceptors (Lipinski definition) is 5. The topological polar surface area (TPSA) is 95.9 Å². The Bertz CT molecular complexity index is 1300. The first-order valence-electron chi connectivity index (χ1n) is 36.2. The van der Waals surface area contributed by atoms with Crippen LogP contribution in [0.4, 0.5) is 0 Å². The van der Waals surface area contributed by atoms with E-state index in [9.17, 15) is 19.8 Å². The molecule has 0 aromatic carbocycles. The number of rotatable bonds is 68. The number of aliphatic hydroxyl groups is 2. The van der Waals surface area contributed by atoms with Gasteiger partial charge in [0.05, 0.1) is 25.4 Å². The number of carbonyl (C=O) groups excluding carboxylic acids is 2. The maximum absolute atomic E-state index is 12.5. The van der Waals surface area contributed by atoms with Crippen molar-refractivity contribution < 1.29 is 24.5 Å². The number of carbonyl (C=O) groups is 2. The largest absolute Gasteiger partial charge is 0.466 e. The molecule has 0 aromatic heterocycles. The van der Waals surface area contributed by atoms with Crippen molar-refractivity contribution in [3.63, 3.8) is 0 Å². The summed E-state index contributed by atoms with van der Waals surface area (Å²) in [5.41, 5.74) is 0. The van der Waals surface area contributed by atoms with Crippen molar-refractivity contribution in [3.05, 3.63) is 36.5 Å². The van der Waals surface area contributed by atoms with Gasteiger partial charge in [-0.2, -0.15) is 0 Å². The molecule has 80 heavy (non-hydrogen) atoms. The van der Waals surface area contributed by atoms with E-state index >= 15 is 0 Å². The van der Waals surface area contributed by atoms with E-state index in [0.29, 0.717) is 25.9 Å². The number of esters is 1. The Kier molecular flexibility index (Phi) is 67.9. The van der Waals surface area contributed by atoms with Gasteiger partial charge < -0.3 is 20.3 Å². The minimum Gasteiger partial charge on any atom is -0.466 e. The van der Waals surface area contributed by atoms with E-state index in [0.717, 1.165) is 51.4 Å². The van der Waals surface area contributed by atoms with Gasteiger partial charge in [0.1, 0.15) is 0 Å². The van der Waals surface area contributed by atoms with Gasteiger partial charge >= 0.3 is 5.97 Å². The molecule has 6 nitrogen and oxygen atoms in total. The fourth-order valence-electron chi connectivity index (χ4n) is 11.4. The van der Waals surface area contributed by atoms with Crippen LogP contribution in [0.1, 0.15) is 399 Å². The molecule has 0 saturated carbocycles. The maximum atomic E-state index is 12.5. The standard InChI is InChI=1S/C74H141NO5/c1-3-5-7-9-11-13-15-17-19-39-42-46-50-54-58-62-66-72(77)71(70-76)75-73(78)67-63-59-55-51-47-43-40-37-35-33-31-29-27-25-23-21-20-22-24-26-28-30-32-34-36-38-41-45-49-53-57-61-65-69-80-74(79)68-64-60-56-52-48-44-18-16-14-12-10-8-6-4-2/h16,18,24,26,30,32,71-72,76-77H,3-15,17,19-23,25,27-29,31,33-70H2,1-2H3,(H,75,78)/b18-16-,26-24-,32-30-. The van der Waals surface area contributed by atoms with E-state index in [1.165, 1.54) is 315 Å². The van der Waals surface area contributed by atoms with Crippen LogP contribution in [0.25, 0.3) is 0 Å². The summed E-state index contributed by atoms with van der Waals surface area (Å²) in [5.74, 6) is -0.0240. The smallest absolute Gasteiger partial charge is 0.305 e. The predicted molar refractivity (Wildman–Crippen MR) is 352 cm³/mol. The number of amides is 1. The molecule has 0 heterocycles. The molecule has 0 fully saturated rings. The van der Waals surface area contributed by atoms with Gasteiger partial charge in [-0.25, -0.2) is 0 Å². The minimum atomic E-state index is -0.663. The number of allylic oxidation sites excluding steroid dienone is 6. The predicted octanol–water partition coefficient (Wildman–Crippen LogP) is 23.5. The van der Waals surface area contributed by atoms with Crippen LogP contribution in [-0.2, 0) is 14.3 Å². The highest BCUT2D eigenvalue weighted by Gasteiger charge is 2.20. The van der Waals surface area contributed by atoms with Crippen LogP contribution in [0.2, 0.25) is 0 Å². The Morgan fingerprint density at radius 3 is 0.963 bits per heavy atom. The molecule has 0 aliphatic heterocycles. The zero-order valence-corrected chi connectivity index (χ0v) is 54.1. The molecule has 0 rings (SSSR count). The molecule has 1 amide bonds. The lowest BCUT2D eigenvalue weighted by Gasteiger charge is -2.22.